The van der Waals surface area contributed by atoms with Crippen LogP contribution in [0.3, 0.4) is 0 Å². The minimum atomic E-state index is 0.517. The normalized spacial score (nSPS) is 12.5. The lowest BCUT2D eigenvalue weighted by Gasteiger charge is -2.15. The van der Waals surface area contributed by atoms with Crippen LogP contribution in [-0.2, 0) is 13.0 Å². The van der Waals surface area contributed by atoms with Crippen molar-refractivity contribution in [2.45, 2.75) is 39.3 Å². The van der Waals surface area contributed by atoms with E-state index in [-0.39, 0.29) is 0 Å². The molecule has 1 N–H and O–H groups in total. The van der Waals surface area contributed by atoms with E-state index in [9.17, 15) is 0 Å². The molecule has 0 saturated heterocycles. The Balaban J connectivity index is 1.67. The first-order chi connectivity index (χ1) is 9.25. The quantitative estimate of drug-likeness (QED) is 0.773. The second-order valence-corrected chi connectivity index (χ2v) is 5.14. The molecular weight excluding hydrogens is 234 g/mol. The van der Waals surface area contributed by atoms with E-state index in [1.807, 2.05) is 18.7 Å². The van der Waals surface area contributed by atoms with E-state index in [0.717, 1.165) is 25.9 Å². The van der Waals surface area contributed by atoms with Crippen LogP contribution in [0.1, 0.15) is 24.5 Å². The summed E-state index contributed by atoms with van der Waals surface area (Å²) < 4.78 is 2.12. The highest BCUT2D eigenvalue weighted by Gasteiger charge is 2.04. The minimum absolute atomic E-state index is 0.517. The molecule has 0 aliphatic heterocycles. The van der Waals surface area contributed by atoms with Gasteiger partial charge in [-0.3, -0.25) is 0 Å². The van der Waals surface area contributed by atoms with Crippen molar-refractivity contribution in [1.29, 1.82) is 0 Å². The van der Waals surface area contributed by atoms with Crippen molar-refractivity contribution in [3.8, 4) is 0 Å². The number of nitrogens with one attached hydrogen (secondary N) is 1. The monoisotopic (exact) mass is 257 g/mol. The summed E-state index contributed by atoms with van der Waals surface area (Å²) in [6, 6.07) is 9.14. The summed E-state index contributed by atoms with van der Waals surface area (Å²) in [6.45, 7) is 6.51. The number of aromatic nitrogens is 2. The average molecular weight is 257 g/mol. The molecule has 1 atom stereocenters. The van der Waals surface area contributed by atoms with Crippen molar-refractivity contribution in [1.82, 2.24) is 14.9 Å². The van der Waals surface area contributed by atoms with E-state index in [2.05, 4.69) is 53.0 Å². The van der Waals surface area contributed by atoms with E-state index >= 15 is 0 Å². The van der Waals surface area contributed by atoms with Gasteiger partial charge in [0, 0.05) is 25.0 Å². The fraction of sp³-hybridized carbons (Fsp3) is 0.438. The number of nitrogens with zero attached hydrogens (tertiary/aromatic N) is 2. The van der Waals surface area contributed by atoms with Crippen molar-refractivity contribution < 1.29 is 0 Å². The van der Waals surface area contributed by atoms with Gasteiger partial charge in [-0.2, -0.15) is 0 Å². The van der Waals surface area contributed by atoms with Crippen molar-refractivity contribution in [2.24, 2.45) is 0 Å². The molecule has 0 aliphatic rings. The number of hydrogen-bond acceptors (Lipinski definition) is 2. The molecule has 0 saturated carbocycles. The topological polar surface area (TPSA) is 29.9 Å². The molecule has 1 aromatic carbocycles. The average Bonchev–Trinajstić information content (AvgIpc) is 2.91. The van der Waals surface area contributed by atoms with Crippen LogP contribution in [0.4, 0.5) is 0 Å². The van der Waals surface area contributed by atoms with Gasteiger partial charge in [0.2, 0.25) is 0 Å². The molecule has 3 nitrogen and oxygen atoms in total. The Labute approximate surface area is 115 Å². The van der Waals surface area contributed by atoms with Crippen LogP contribution in [0, 0.1) is 6.92 Å². The summed E-state index contributed by atoms with van der Waals surface area (Å²) in [5.41, 5.74) is 2.83. The predicted molar refractivity (Wildman–Crippen MR) is 79.2 cm³/mol. The first kappa shape index (κ1) is 13.8. The van der Waals surface area contributed by atoms with Gasteiger partial charge in [-0.15, -0.1) is 0 Å². The molecule has 0 fully saturated rings. The molecule has 3 heteroatoms. The molecular formula is C16H23N3. The van der Waals surface area contributed by atoms with Gasteiger partial charge < -0.3 is 9.88 Å². The fourth-order valence-electron chi connectivity index (χ4n) is 2.27. The van der Waals surface area contributed by atoms with Gasteiger partial charge in [0.25, 0.3) is 0 Å². The Morgan fingerprint density at radius 2 is 2.16 bits per heavy atom. The molecule has 0 unspecified atom stereocenters. The predicted octanol–water partition coefficient (Wildman–Crippen LogP) is 2.80. The lowest BCUT2D eigenvalue weighted by atomic mass is 10.0. The summed E-state index contributed by atoms with van der Waals surface area (Å²) >= 11 is 0. The highest BCUT2D eigenvalue weighted by Crippen LogP contribution is 2.09. The Morgan fingerprint density at radius 1 is 1.32 bits per heavy atom. The summed E-state index contributed by atoms with van der Waals surface area (Å²) in [4.78, 5) is 4.04. The lowest BCUT2D eigenvalue weighted by Crippen LogP contribution is -2.29. The van der Waals surface area contributed by atoms with Crippen LogP contribution in [-0.4, -0.2) is 22.1 Å². The number of benzene rings is 1. The third kappa shape index (κ3) is 4.52. The van der Waals surface area contributed by atoms with Crippen LogP contribution in [0.15, 0.2) is 43.0 Å². The smallest absolute Gasteiger partial charge is 0.0945 e. The number of hydrogen-bond donors (Lipinski definition) is 1. The van der Waals surface area contributed by atoms with Crippen molar-refractivity contribution in [3.63, 3.8) is 0 Å². The van der Waals surface area contributed by atoms with Crippen LogP contribution < -0.4 is 5.32 Å². The first-order valence-electron chi connectivity index (χ1n) is 6.99. The summed E-state index contributed by atoms with van der Waals surface area (Å²) in [5.74, 6) is 0. The van der Waals surface area contributed by atoms with Crippen LogP contribution in [0.25, 0.3) is 0 Å². The Hall–Kier alpha value is -1.61. The number of aryl methyl sites for hydroxylation is 2. The Morgan fingerprint density at radius 3 is 2.89 bits per heavy atom. The lowest BCUT2D eigenvalue weighted by molar-refractivity contribution is 0.509. The zero-order chi connectivity index (χ0) is 13.5. The van der Waals surface area contributed by atoms with Crippen LogP contribution >= 0.6 is 0 Å². The molecule has 0 amide bonds. The Bertz CT molecular complexity index is 476. The maximum Gasteiger partial charge on any atom is 0.0945 e. The number of imidazole rings is 1. The van der Waals surface area contributed by atoms with Crippen LogP contribution in [0.5, 0.6) is 0 Å². The van der Waals surface area contributed by atoms with Gasteiger partial charge in [0.05, 0.1) is 6.33 Å². The highest BCUT2D eigenvalue weighted by atomic mass is 15.0. The van der Waals surface area contributed by atoms with Gasteiger partial charge in [-0.05, 0) is 44.4 Å². The van der Waals surface area contributed by atoms with Gasteiger partial charge in [0.1, 0.15) is 0 Å². The molecule has 0 aliphatic carbocycles. The molecule has 1 heterocycles. The van der Waals surface area contributed by atoms with Gasteiger partial charge in [-0.1, -0.05) is 24.3 Å². The molecule has 0 spiro atoms. The van der Waals surface area contributed by atoms with E-state index in [0.29, 0.717) is 6.04 Å². The van der Waals surface area contributed by atoms with Crippen molar-refractivity contribution in [3.05, 3.63) is 54.1 Å². The maximum atomic E-state index is 4.04. The molecule has 0 bridgehead atoms. The van der Waals surface area contributed by atoms with Crippen LogP contribution in [0.2, 0.25) is 0 Å². The molecule has 19 heavy (non-hydrogen) atoms. The SMILES string of the molecule is Cc1ccccc1C[C@@H](C)NCCCn1ccnc1. The maximum absolute atomic E-state index is 4.04. The van der Waals surface area contributed by atoms with E-state index in [4.69, 9.17) is 0 Å². The van der Waals surface area contributed by atoms with E-state index in [1.54, 1.807) is 0 Å². The van der Waals surface area contributed by atoms with E-state index < -0.39 is 0 Å². The first-order valence-corrected chi connectivity index (χ1v) is 6.99. The fourth-order valence-corrected chi connectivity index (χ4v) is 2.27. The molecule has 0 radical (unpaired) electrons. The molecule has 2 rings (SSSR count). The third-order valence-corrected chi connectivity index (χ3v) is 3.43. The Kier molecular flexibility index (Phi) is 5.16. The second-order valence-electron chi connectivity index (χ2n) is 5.14. The van der Waals surface area contributed by atoms with Gasteiger partial charge in [-0.25, -0.2) is 4.98 Å². The third-order valence-electron chi connectivity index (χ3n) is 3.43. The zero-order valence-electron chi connectivity index (χ0n) is 11.8. The van der Waals surface area contributed by atoms with Crippen molar-refractivity contribution in [2.75, 3.05) is 6.54 Å². The van der Waals surface area contributed by atoms with Crippen molar-refractivity contribution >= 4 is 0 Å². The zero-order valence-corrected chi connectivity index (χ0v) is 11.8. The van der Waals surface area contributed by atoms with Gasteiger partial charge >= 0.3 is 0 Å². The number of rotatable bonds is 7. The highest BCUT2D eigenvalue weighted by molar-refractivity contribution is 5.26. The molecule has 102 valence electrons. The summed E-state index contributed by atoms with van der Waals surface area (Å²) in [6.07, 6.45) is 7.94. The largest absolute Gasteiger partial charge is 0.337 e. The van der Waals surface area contributed by atoms with Gasteiger partial charge in [0.15, 0.2) is 0 Å². The summed E-state index contributed by atoms with van der Waals surface area (Å²) in [7, 11) is 0. The van der Waals surface area contributed by atoms with E-state index in [1.165, 1.54) is 11.1 Å². The molecule has 1 aromatic heterocycles. The second kappa shape index (κ2) is 7.10. The molecule has 2 aromatic rings. The summed E-state index contributed by atoms with van der Waals surface area (Å²) in [5, 5.41) is 3.59. The standard InChI is InChI=1S/C16H23N3/c1-14-6-3-4-7-16(14)12-15(2)18-8-5-10-19-11-9-17-13-19/h3-4,6-7,9,11,13,15,18H,5,8,10,12H2,1-2H3/t15-/m1/s1. The minimum Gasteiger partial charge on any atom is -0.337 e.